The Labute approximate surface area is 93.5 Å². The van der Waals surface area contributed by atoms with E-state index in [1.54, 1.807) is 0 Å². The summed E-state index contributed by atoms with van der Waals surface area (Å²) >= 11 is 0. The van der Waals surface area contributed by atoms with Crippen LogP contribution < -0.4 is 5.73 Å². The van der Waals surface area contributed by atoms with Crippen LogP contribution in [-0.2, 0) is 0 Å². The molecule has 1 unspecified atom stereocenters. The van der Waals surface area contributed by atoms with Crippen molar-refractivity contribution in [1.82, 2.24) is 0 Å². The molecule has 0 saturated carbocycles. The molecule has 1 rings (SSSR count). The second-order valence-corrected chi connectivity index (χ2v) is 3.89. The van der Waals surface area contributed by atoms with Crippen molar-refractivity contribution < 1.29 is 13.6 Å². The van der Waals surface area contributed by atoms with Gasteiger partial charge >= 0.3 is 0 Å². The molecule has 0 aromatic heterocycles. The molecule has 0 spiro atoms. The molecule has 0 radical (unpaired) electrons. The summed E-state index contributed by atoms with van der Waals surface area (Å²) in [7, 11) is 0. The number of hydrogen-bond acceptors (Lipinski definition) is 2. The van der Waals surface area contributed by atoms with Crippen molar-refractivity contribution in [3.63, 3.8) is 0 Å². The van der Waals surface area contributed by atoms with Crippen LogP contribution in [-0.4, -0.2) is 11.8 Å². The van der Waals surface area contributed by atoms with Crippen molar-refractivity contribution in [3.8, 4) is 0 Å². The maximum Gasteiger partial charge on any atom is 0.169 e. The lowest BCUT2D eigenvalue weighted by atomic mass is 10.0. The normalized spacial score (nSPS) is 12.5. The summed E-state index contributed by atoms with van der Waals surface area (Å²) in [6.07, 6.45) is 1.48. The number of hydrogen-bond donors (Lipinski definition) is 1. The number of carbonyl (C=O) groups excluding carboxylic acids is 1. The minimum Gasteiger partial charge on any atom is -0.328 e. The molecule has 1 aromatic carbocycles. The quantitative estimate of drug-likeness (QED) is 0.786. The zero-order valence-corrected chi connectivity index (χ0v) is 9.17. The van der Waals surface area contributed by atoms with Gasteiger partial charge in [-0.25, -0.2) is 8.78 Å². The van der Waals surface area contributed by atoms with Gasteiger partial charge in [-0.15, -0.1) is 0 Å². The average molecular weight is 227 g/mol. The maximum absolute atomic E-state index is 13.2. The van der Waals surface area contributed by atoms with Crippen molar-refractivity contribution in [3.05, 3.63) is 35.4 Å². The van der Waals surface area contributed by atoms with Gasteiger partial charge in [-0.2, -0.15) is 0 Å². The first-order valence-corrected chi connectivity index (χ1v) is 5.25. The van der Waals surface area contributed by atoms with E-state index >= 15 is 0 Å². The highest BCUT2D eigenvalue weighted by Gasteiger charge is 2.14. The topological polar surface area (TPSA) is 43.1 Å². The fraction of sp³-hybridized carbons (Fsp3) is 0.417. The number of carbonyl (C=O) groups is 1. The van der Waals surface area contributed by atoms with Crippen molar-refractivity contribution in [2.75, 3.05) is 0 Å². The van der Waals surface area contributed by atoms with Crippen molar-refractivity contribution >= 4 is 5.78 Å². The van der Waals surface area contributed by atoms with Gasteiger partial charge in [0.05, 0.1) is 5.56 Å². The Morgan fingerprint density at radius 1 is 1.44 bits per heavy atom. The van der Waals surface area contributed by atoms with Crippen LogP contribution in [0.15, 0.2) is 18.2 Å². The van der Waals surface area contributed by atoms with Gasteiger partial charge in [0.15, 0.2) is 17.4 Å². The number of ketones is 1. The van der Waals surface area contributed by atoms with Crippen LogP contribution in [0, 0.1) is 11.6 Å². The lowest BCUT2D eigenvalue weighted by molar-refractivity contribution is 0.0974. The Bertz CT molecular complexity index is 377. The maximum atomic E-state index is 13.2. The molecule has 0 aliphatic carbocycles. The third-order valence-corrected chi connectivity index (χ3v) is 2.32. The van der Waals surface area contributed by atoms with E-state index in [9.17, 15) is 13.6 Å². The summed E-state index contributed by atoms with van der Waals surface area (Å²) in [5, 5.41) is 0. The lowest BCUT2D eigenvalue weighted by Crippen LogP contribution is -2.15. The van der Waals surface area contributed by atoms with E-state index in [1.807, 2.05) is 6.92 Å². The number of nitrogens with two attached hydrogens (primary N) is 1. The third kappa shape index (κ3) is 3.38. The first kappa shape index (κ1) is 12.8. The second-order valence-electron chi connectivity index (χ2n) is 3.89. The van der Waals surface area contributed by atoms with E-state index < -0.39 is 11.6 Å². The smallest absolute Gasteiger partial charge is 0.169 e. The Hall–Kier alpha value is -1.29. The van der Waals surface area contributed by atoms with Gasteiger partial charge in [0.2, 0.25) is 0 Å². The van der Waals surface area contributed by atoms with Crippen LogP contribution >= 0.6 is 0 Å². The van der Waals surface area contributed by atoms with Crippen LogP contribution in [0.4, 0.5) is 8.78 Å². The SMILES string of the molecule is CC(N)CCCC(=O)c1cccc(F)c1F. The lowest BCUT2D eigenvalue weighted by Gasteiger charge is -2.05. The average Bonchev–Trinajstić information content (AvgIpc) is 2.21. The molecule has 1 aromatic rings. The molecule has 0 aliphatic heterocycles. The van der Waals surface area contributed by atoms with E-state index in [0.29, 0.717) is 12.8 Å². The summed E-state index contributed by atoms with van der Waals surface area (Å²) < 4.78 is 26.1. The van der Waals surface area contributed by atoms with E-state index in [-0.39, 0.29) is 23.8 Å². The molecule has 4 heteroatoms. The van der Waals surface area contributed by atoms with Gasteiger partial charge in [0.1, 0.15) is 0 Å². The molecule has 2 nitrogen and oxygen atoms in total. The van der Waals surface area contributed by atoms with E-state index in [1.165, 1.54) is 12.1 Å². The second kappa shape index (κ2) is 5.70. The van der Waals surface area contributed by atoms with Crippen LogP contribution in [0.2, 0.25) is 0 Å². The number of halogens is 2. The van der Waals surface area contributed by atoms with E-state index in [2.05, 4.69) is 0 Å². The number of Topliss-reactive ketones (excluding diaryl/α,β-unsaturated/α-hetero) is 1. The van der Waals surface area contributed by atoms with E-state index in [4.69, 9.17) is 5.73 Å². The van der Waals surface area contributed by atoms with Gasteiger partial charge in [-0.3, -0.25) is 4.79 Å². The Balaban J connectivity index is 2.63. The summed E-state index contributed by atoms with van der Waals surface area (Å²) in [5.74, 6) is -2.43. The highest BCUT2D eigenvalue weighted by Crippen LogP contribution is 2.14. The van der Waals surface area contributed by atoms with Crippen molar-refractivity contribution in [2.24, 2.45) is 5.73 Å². The predicted molar refractivity (Wildman–Crippen MR) is 58.2 cm³/mol. The standard InChI is InChI=1S/C12H15F2NO/c1-8(15)4-2-7-11(16)9-5-3-6-10(13)12(9)14/h3,5-6,8H,2,4,7,15H2,1H3. The molecule has 0 fully saturated rings. The minimum absolute atomic E-state index is 0.0187. The molecule has 0 bridgehead atoms. The van der Waals surface area contributed by atoms with Gasteiger partial charge in [-0.05, 0) is 31.9 Å². The molecule has 0 saturated heterocycles. The molecule has 0 aliphatic rings. The summed E-state index contributed by atoms with van der Waals surface area (Å²) in [6.45, 7) is 1.84. The van der Waals surface area contributed by atoms with Gasteiger partial charge in [0, 0.05) is 12.5 Å². The first-order valence-electron chi connectivity index (χ1n) is 5.25. The summed E-state index contributed by atoms with van der Waals surface area (Å²) in [5.41, 5.74) is 5.35. The largest absolute Gasteiger partial charge is 0.328 e. The Morgan fingerprint density at radius 3 is 2.75 bits per heavy atom. The van der Waals surface area contributed by atoms with Gasteiger partial charge in [-0.1, -0.05) is 6.07 Å². The van der Waals surface area contributed by atoms with Crippen molar-refractivity contribution in [1.29, 1.82) is 0 Å². The minimum atomic E-state index is -1.06. The molecular formula is C12H15F2NO. The third-order valence-electron chi connectivity index (χ3n) is 2.32. The van der Waals surface area contributed by atoms with Gasteiger partial charge < -0.3 is 5.73 Å². The monoisotopic (exact) mass is 227 g/mol. The van der Waals surface area contributed by atoms with Crippen LogP contribution in [0.25, 0.3) is 0 Å². The van der Waals surface area contributed by atoms with Gasteiger partial charge in [0.25, 0.3) is 0 Å². The Morgan fingerprint density at radius 2 is 2.12 bits per heavy atom. The molecule has 2 N–H and O–H groups in total. The van der Waals surface area contributed by atoms with Crippen LogP contribution in [0.1, 0.15) is 36.5 Å². The fourth-order valence-electron chi connectivity index (χ4n) is 1.44. The first-order chi connectivity index (χ1) is 7.52. The number of benzene rings is 1. The molecule has 16 heavy (non-hydrogen) atoms. The van der Waals surface area contributed by atoms with E-state index in [0.717, 1.165) is 6.07 Å². The fourth-order valence-corrected chi connectivity index (χ4v) is 1.44. The molecular weight excluding hydrogens is 212 g/mol. The molecule has 0 amide bonds. The van der Waals surface area contributed by atoms with Crippen LogP contribution in [0.3, 0.4) is 0 Å². The summed E-state index contributed by atoms with van der Waals surface area (Å²) in [4.78, 5) is 11.6. The Kier molecular flexibility index (Phi) is 4.55. The zero-order valence-electron chi connectivity index (χ0n) is 9.17. The van der Waals surface area contributed by atoms with Crippen LogP contribution in [0.5, 0.6) is 0 Å². The molecule has 88 valence electrons. The highest BCUT2D eigenvalue weighted by molar-refractivity contribution is 5.96. The molecule has 1 atom stereocenters. The predicted octanol–water partition coefficient (Wildman–Crippen LogP) is 2.67. The van der Waals surface area contributed by atoms with Crippen molar-refractivity contribution in [2.45, 2.75) is 32.2 Å². The summed E-state index contributed by atoms with van der Waals surface area (Å²) in [6, 6.07) is 3.64. The molecule has 0 heterocycles. The highest BCUT2D eigenvalue weighted by atomic mass is 19.2. The zero-order chi connectivity index (χ0) is 12.1. The number of rotatable bonds is 5.